The molecule has 0 atom stereocenters. The maximum absolute atomic E-state index is 11.9. The second-order valence-corrected chi connectivity index (χ2v) is 5.06. The Hall–Kier alpha value is -1.74. The lowest BCUT2D eigenvalue weighted by Gasteiger charge is -1.98. The number of Topliss-reactive ketones (excluding diaryl/α,β-unsaturated/α-hetero) is 1. The molecule has 2 nitrogen and oxygen atoms in total. The maximum atomic E-state index is 11.9. The van der Waals surface area contributed by atoms with Crippen LogP contribution < -0.4 is 0 Å². The number of benzene rings is 2. The fraction of sp³-hybridized carbons (Fsp3) is 0.125. The summed E-state index contributed by atoms with van der Waals surface area (Å²) in [6.07, 6.45) is 2.03. The molecule has 0 heterocycles. The van der Waals surface area contributed by atoms with Gasteiger partial charge in [-0.1, -0.05) is 58.4 Å². The van der Waals surface area contributed by atoms with E-state index in [1.165, 1.54) is 0 Å². The zero-order chi connectivity index (χ0) is 13.5. The van der Waals surface area contributed by atoms with Crippen molar-refractivity contribution >= 4 is 27.9 Å². The van der Waals surface area contributed by atoms with Crippen molar-refractivity contribution in [2.24, 2.45) is 4.99 Å². The second-order valence-electron chi connectivity index (χ2n) is 4.14. The summed E-state index contributed by atoms with van der Waals surface area (Å²) in [5.74, 6) is 0.0873. The molecular formula is C16H14BrNO. The van der Waals surface area contributed by atoms with Gasteiger partial charge in [-0.3, -0.25) is 9.79 Å². The minimum atomic E-state index is 0.0873. The van der Waals surface area contributed by atoms with Crippen molar-refractivity contribution in [3.05, 3.63) is 70.2 Å². The molecule has 0 saturated heterocycles. The molecule has 0 aliphatic carbocycles. The summed E-state index contributed by atoms with van der Waals surface area (Å²) < 4.78 is 0.974. The van der Waals surface area contributed by atoms with E-state index >= 15 is 0 Å². The molecule has 96 valence electrons. The fourth-order valence-corrected chi connectivity index (χ4v) is 1.92. The Morgan fingerprint density at radius 3 is 2.42 bits per heavy atom. The molecule has 0 aliphatic heterocycles. The SMILES string of the molecule is O=C(CC=NCc1ccccc1)c1ccc(Br)cc1. The van der Waals surface area contributed by atoms with Crippen LogP contribution in [-0.2, 0) is 6.54 Å². The number of rotatable bonds is 5. The normalized spacial score (nSPS) is 10.8. The Bertz CT molecular complexity index is 561. The van der Waals surface area contributed by atoms with E-state index in [0.29, 0.717) is 13.0 Å². The molecule has 0 saturated carbocycles. The second kappa shape index (κ2) is 7.00. The van der Waals surface area contributed by atoms with Crippen molar-refractivity contribution in [1.29, 1.82) is 0 Å². The number of nitrogens with zero attached hydrogens (tertiary/aromatic N) is 1. The van der Waals surface area contributed by atoms with Crippen LogP contribution in [0.2, 0.25) is 0 Å². The highest BCUT2D eigenvalue weighted by molar-refractivity contribution is 9.10. The van der Waals surface area contributed by atoms with Gasteiger partial charge in [0.25, 0.3) is 0 Å². The largest absolute Gasteiger partial charge is 0.294 e. The van der Waals surface area contributed by atoms with Crippen molar-refractivity contribution in [3.8, 4) is 0 Å². The summed E-state index contributed by atoms with van der Waals surface area (Å²) in [5.41, 5.74) is 1.87. The van der Waals surface area contributed by atoms with Crippen LogP contribution in [0.15, 0.2) is 64.1 Å². The summed E-state index contributed by atoms with van der Waals surface area (Å²) in [5, 5.41) is 0. The summed E-state index contributed by atoms with van der Waals surface area (Å²) >= 11 is 3.35. The number of carbonyl (C=O) groups excluding carboxylic acids is 1. The Balaban J connectivity index is 1.85. The maximum Gasteiger partial charge on any atom is 0.168 e. The first kappa shape index (κ1) is 13.7. The Morgan fingerprint density at radius 1 is 1.05 bits per heavy atom. The van der Waals surface area contributed by atoms with E-state index in [-0.39, 0.29) is 5.78 Å². The van der Waals surface area contributed by atoms with E-state index in [9.17, 15) is 4.79 Å². The molecule has 0 N–H and O–H groups in total. The third-order valence-electron chi connectivity index (χ3n) is 2.69. The number of aliphatic imine (C=N–C) groups is 1. The molecule has 0 radical (unpaired) electrons. The van der Waals surface area contributed by atoms with Gasteiger partial charge in [-0.05, 0) is 17.7 Å². The molecule has 0 aromatic heterocycles. The molecular weight excluding hydrogens is 302 g/mol. The van der Waals surface area contributed by atoms with Crippen LogP contribution >= 0.6 is 15.9 Å². The van der Waals surface area contributed by atoms with Gasteiger partial charge in [0, 0.05) is 22.7 Å². The van der Waals surface area contributed by atoms with Crippen molar-refractivity contribution < 1.29 is 4.79 Å². The molecule has 0 amide bonds. The van der Waals surface area contributed by atoms with Crippen molar-refractivity contribution in [1.82, 2.24) is 0 Å². The Morgan fingerprint density at radius 2 is 1.74 bits per heavy atom. The minimum Gasteiger partial charge on any atom is -0.294 e. The van der Waals surface area contributed by atoms with Crippen molar-refractivity contribution in [2.45, 2.75) is 13.0 Å². The van der Waals surface area contributed by atoms with E-state index in [1.807, 2.05) is 54.6 Å². The molecule has 3 heteroatoms. The predicted octanol–water partition coefficient (Wildman–Crippen LogP) is 4.29. The van der Waals surface area contributed by atoms with Crippen LogP contribution in [0.4, 0.5) is 0 Å². The van der Waals surface area contributed by atoms with Crippen molar-refractivity contribution in [3.63, 3.8) is 0 Å². The third kappa shape index (κ3) is 4.45. The van der Waals surface area contributed by atoms with Crippen LogP contribution in [0.5, 0.6) is 0 Å². The highest BCUT2D eigenvalue weighted by Crippen LogP contribution is 2.11. The first-order valence-corrected chi connectivity index (χ1v) is 6.86. The van der Waals surface area contributed by atoms with Gasteiger partial charge >= 0.3 is 0 Å². The molecule has 0 unspecified atom stereocenters. The average molecular weight is 316 g/mol. The van der Waals surface area contributed by atoms with Crippen LogP contribution in [0.3, 0.4) is 0 Å². The number of halogens is 1. The highest BCUT2D eigenvalue weighted by atomic mass is 79.9. The summed E-state index contributed by atoms with van der Waals surface area (Å²) in [6.45, 7) is 0.620. The fourth-order valence-electron chi connectivity index (χ4n) is 1.65. The number of ketones is 1. The van der Waals surface area contributed by atoms with Gasteiger partial charge in [0.2, 0.25) is 0 Å². The number of carbonyl (C=O) groups is 1. The van der Waals surface area contributed by atoms with Gasteiger partial charge in [-0.2, -0.15) is 0 Å². The summed E-state index contributed by atoms with van der Waals surface area (Å²) in [4.78, 5) is 16.1. The first-order valence-electron chi connectivity index (χ1n) is 6.06. The third-order valence-corrected chi connectivity index (χ3v) is 3.22. The quantitative estimate of drug-likeness (QED) is 0.597. The average Bonchev–Trinajstić information content (AvgIpc) is 2.45. The highest BCUT2D eigenvalue weighted by Gasteiger charge is 2.02. The minimum absolute atomic E-state index is 0.0873. The first-order chi connectivity index (χ1) is 9.25. The molecule has 2 aromatic carbocycles. The predicted molar refractivity (Wildman–Crippen MR) is 81.7 cm³/mol. The van der Waals surface area contributed by atoms with Crippen LogP contribution in [-0.4, -0.2) is 12.0 Å². The van der Waals surface area contributed by atoms with E-state index in [0.717, 1.165) is 15.6 Å². The lowest BCUT2D eigenvalue weighted by atomic mass is 10.1. The van der Waals surface area contributed by atoms with E-state index < -0.39 is 0 Å². The van der Waals surface area contributed by atoms with Crippen LogP contribution in [0, 0.1) is 0 Å². The van der Waals surface area contributed by atoms with E-state index in [1.54, 1.807) is 6.21 Å². The molecule has 0 spiro atoms. The molecule has 19 heavy (non-hydrogen) atoms. The van der Waals surface area contributed by atoms with Gasteiger partial charge in [-0.15, -0.1) is 0 Å². The Labute approximate surface area is 121 Å². The van der Waals surface area contributed by atoms with E-state index in [2.05, 4.69) is 20.9 Å². The summed E-state index contributed by atoms with van der Waals surface area (Å²) in [6, 6.07) is 17.4. The smallest absolute Gasteiger partial charge is 0.168 e. The zero-order valence-electron chi connectivity index (χ0n) is 10.4. The molecule has 0 aliphatic rings. The van der Waals surface area contributed by atoms with Gasteiger partial charge in [-0.25, -0.2) is 0 Å². The van der Waals surface area contributed by atoms with E-state index in [4.69, 9.17) is 0 Å². The molecule has 2 rings (SSSR count). The lowest BCUT2D eigenvalue weighted by Crippen LogP contribution is -1.99. The molecule has 0 bridgehead atoms. The van der Waals surface area contributed by atoms with Crippen LogP contribution in [0.25, 0.3) is 0 Å². The monoisotopic (exact) mass is 315 g/mol. The topological polar surface area (TPSA) is 29.4 Å². The number of hydrogen-bond acceptors (Lipinski definition) is 2. The van der Waals surface area contributed by atoms with Crippen LogP contribution in [0.1, 0.15) is 22.3 Å². The number of hydrogen-bond donors (Lipinski definition) is 0. The van der Waals surface area contributed by atoms with Gasteiger partial charge in [0.05, 0.1) is 6.54 Å². The lowest BCUT2D eigenvalue weighted by molar-refractivity contribution is 0.100. The van der Waals surface area contributed by atoms with Crippen molar-refractivity contribution in [2.75, 3.05) is 0 Å². The van der Waals surface area contributed by atoms with Gasteiger partial charge < -0.3 is 0 Å². The summed E-state index contributed by atoms with van der Waals surface area (Å²) in [7, 11) is 0. The Kier molecular flexibility index (Phi) is 5.04. The molecule has 0 fully saturated rings. The standard InChI is InChI=1S/C16H14BrNO/c17-15-8-6-14(7-9-15)16(19)10-11-18-12-13-4-2-1-3-5-13/h1-9,11H,10,12H2. The van der Waals surface area contributed by atoms with Gasteiger partial charge in [0.1, 0.15) is 0 Å². The van der Waals surface area contributed by atoms with Gasteiger partial charge in [0.15, 0.2) is 5.78 Å². The zero-order valence-corrected chi connectivity index (χ0v) is 12.0. The molecule has 2 aromatic rings.